The Bertz CT molecular complexity index is 731. The molecule has 0 heterocycles. The first-order valence-corrected chi connectivity index (χ1v) is 6.36. The fourth-order valence-electron chi connectivity index (χ4n) is 1.74. The zero-order valence-electron chi connectivity index (χ0n) is 11.0. The molecule has 0 aliphatic heterocycles. The van der Waals surface area contributed by atoms with E-state index in [0.717, 1.165) is 0 Å². The van der Waals surface area contributed by atoms with Crippen molar-refractivity contribution in [3.8, 4) is 0 Å². The van der Waals surface area contributed by atoms with Crippen molar-refractivity contribution in [1.29, 1.82) is 0 Å². The lowest BCUT2D eigenvalue weighted by Gasteiger charge is -2.09. The van der Waals surface area contributed by atoms with Crippen LogP contribution in [0.15, 0.2) is 36.4 Å². The smallest absolute Gasteiger partial charge is 0.335 e. The summed E-state index contributed by atoms with van der Waals surface area (Å²) in [5, 5.41) is 11.3. The van der Waals surface area contributed by atoms with Gasteiger partial charge in [0.1, 0.15) is 5.82 Å². The molecule has 2 rings (SSSR count). The minimum absolute atomic E-state index is 0.000449. The number of carboxylic acid groups (broad SMARTS) is 1. The molecule has 0 saturated heterocycles. The number of anilines is 1. The van der Waals surface area contributed by atoms with Crippen LogP contribution in [0.25, 0.3) is 0 Å². The summed E-state index contributed by atoms with van der Waals surface area (Å²) in [6, 6.07) is 8.12. The molecule has 0 fully saturated rings. The Morgan fingerprint density at radius 1 is 1.19 bits per heavy atom. The number of benzene rings is 2. The zero-order chi connectivity index (χ0) is 15.6. The third kappa shape index (κ3) is 3.38. The Hall–Kier alpha value is -2.40. The van der Waals surface area contributed by atoms with Gasteiger partial charge < -0.3 is 10.4 Å². The summed E-state index contributed by atoms with van der Waals surface area (Å²) >= 11 is 5.90. The Labute approximate surface area is 125 Å². The van der Waals surface area contributed by atoms with Gasteiger partial charge in [-0.15, -0.1) is 0 Å². The molecule has 0 aliphatic rings. The first-order valence-electron chi connectivity index (χ1n) is 5.99. The van der Waals surface area contributed by atoms with E-state index < -0.39 is 17.7 Å². The maximum absolute atomic E-state index is 13.7. The number of carbonyl (C=O) groups excluding carboxylic acids is 1. The van der Waals surface area contributed by atoms with Crippen LogP contribution in [0.2, 0.25) is 5.02 Å². The van der Waals surface area contributed by atoms with Crippen molar-refractivity contribution in [2.45, 2.75) is 6.92 Å². The van der Waals surface area contributed by atoms with Crippen molar-refractivity contribution in [2.24, 2.45) is 0 Å². The predicted octanol–water partition coefficient (Wildman–Crippen LogP) is 3.74. The Morgan fingerprint density at radius 3 is 2.48 bits per heavy atom. The number of halogens is 2. The second-order valence-corrected chi connectivity index (χ2v) is 4.84. The van der Waals surface area contributed by atoms with Crippen LogP contribution < -0.4 is 5.32 Å². The normalized spacial score (nSPS) is 10.2. The van der Waals surface area contributed by atoms with E-state index in [2.05, 4.69) is 5.32 Å². The number of aryl methyl sites for hydroxylation is 1. The second kappa shape index (κ2) is 5.93. The SMILES string of the molecule is Cc1ccc(C(=O)Nc2ccc(C(=O)O)cc2Cl)c(F)c1. The number of carbonyl (C=O) groups is 2. The van der Waals surface area contributed by atoms with Crippen LogP contribution in [0.1, 0.15) is 26.3 Å². The highest BCUT2D eigenvalue weighted by molar-refractivity contribution is 6.34. The fourth-order valence-corrected chi connectivity index (χ4v) is 1.97. The van der Waals surface area contributed by atoms with E-state index >= 15 is 0 Å². The number of rotatable bonds is 3. The molecule has 0 aliphatic carbocycles. The van der Waals surface area contributed by atoms with Gasteiger partial charge in [0.25, 0.3) is 5.91 Å². The molecule has 108 valence electrons. The van der Waals surface area contributed by atoms with E-state index in [4.69, 9.17) is 16.7 Å². The van der Waals surface area contributed by atoms with E-state index in [1.807, 2.05) is 0 Å². The average molecular weight is 308 g/mol. The van der Waals surface area contributed by atoms with Crippen molar-refractivity contribution in [3.63, 3.8) is 0 Å². The molecule has 0 bridgehead atoms. The van der Waals surface area contributed by atoms with Crippen LogP contribution >= 0.6 is 11.6 Å². The van der Waals surface area contributed by atoms with E-state index in [1.54, 1.807) is 13.0 Å². The molecule has 1 amide bonds. The van der Waals surface area contributed by atoms with E-state index in [1.165, 1.54) is 30.3 Å². The summed E-state index contributed by atoms with van der Waals surface area (Å²) in [6.07, 6.45) is 0. The summed E-state index contributed by atoms with van der Waals surface area (Å²) in [7, 11) is 0. The monoisotopic (exact) mass is 307 g/mol. The lowest BCUT2D eigenvalue weighted by molar-refractivity contribution is 0.0696. The molecule has 2 aromatic rings. The van der Waals surface area contributed by atoms with Crippen molar-refractivity contribution in [3.05, 3.63) is 63.9 Å². The summed E-state index contributed by atoms with van der Waals surface area (Å²) in [4.78, 5) is 22.8. The predicted molar refractivity (Wildman–Crippen MR) is 77.5 cm³/mol. The number of amides is 1. The van der Waals surface area contributed by atoms with Crippen molar-refractivity contribution >= 4 is 29.2 Å². The lowest BCUT2D eigenvalue weighted by Crippen LogP contribution is -2.14. The van der Waals surface area contributed by atoms with Gasteiger partial charge >= 0.3 is 5.97 Å². The molecular weight excluding hydrogens is 297 g/mol. The van der Waals surface area contributed by atoms with Crippen molar-refractivity contribution in [1.82, 2.24) is 0 Å². The van der Waals surface area contributed by atoms with Gasteiger partial charge in [-0.05, 0) is 42.8 Å². The standard InChI is InChI=1S/C15H11ClFNO3/c1-8-2-4-10(12(17)6-8)14(19)18-13-5-3-9(15(20)21)7-11(13)16/h2-7H,1H3,(H,18,19)(H,20,21). The van der Waals surface area contributed by atoms with Crippen molar-refractivity contribution < 1.29 is 19.1 Å². The number of nitrogens with one attached hydrogen (secondary N) is 1. The Morgan fingerprint density at radius 2 is 1.90 bits per heavy atom. The summed E-state index contributed by atoms with van der Waals surface area (Å²) in [5.41, 5.74) is 0.804. The highest BCUT2D eigenvalue weighted by atomic mass is 35.5. The van der Waals surface area contributed by atoms with E-state index in [0.29, 0.717) is 5.56 Å². The van der Waals surface area contributed by atoms with Crippen LogP contribution in [-0.2, 0) is 0 Å². The first kappa shape index (κ1) is 15.0. The number of aromatic carboxylic acids is 1. The topological polar surface area (TPSA) is 66.4 Å². The zero-order valence-corrected chi connectivity index (χ0v) is 11.7. The average Bonchev–Trinajstić information content (AvgIpc) is 2.40. The molecule has 0 unspecified atom stereocenters. The third-order valence-electron chi connectivity index (χ3n) is 2.83. The molecule has 6 heteroatoms. The van der Waals surface area contributed by atoms with Crippen LogP contribution in [0.4, 0.5) is 10.1 Å². The van der Waals surface area contributed by atoms with Gasteiger partial charge in [-0.2, -0.15) is 0 Å². The molecule has 0 radical (unpaired) electrons. The molecule has 2 N–H and O–H groups in total. The maximum Gasteiger partial charge on any atom is 0.335 e. The molecule has 4 nitrogen and oxygen atoms in total. The molecule has 0 aromatic heterocycles. The molecule has 0 saturated carbocycles. The fraction of sp³-hybridized carbons (Fsp3) is 0.0667. The third-order valence-corrected chi connectivity index (χ3v) is 3.15. The highest BCUT2D eigenvalue weighted by Crippen LogP contribution is 2.24. The van der Waals surface area contributed by atoms with Gasteiger partial charge in [0.15, 0.2) is 0 Å². The van der Waals surface area contributed by atoms with Gasteiger partial charge in [0.2, 0.25) is 0 Å². The number of carboxylic acids is 1. The second-order valence-electron chi connectivity index (χ2n) is 4.44. The lowest BCUT2D eigenvalue weighted by atomic mass is 10.1. The van der Waals surface area contributed by atoms with Crippen LogP contribution in [0, 0.1) is 12.7 Å². The van der Waals surface area contributed by atoms with Gasteiger partial charge in [0, 0.05) is 0 Å². The van der Waals surface area contributed by atoms with E-state index in [9.17, 15) is 14.0 Å². The van der Waals surface area contributed by atoms with Crippen LogP contribution in [-0.4, -0.2) is 17.0 Å². The molecule has 0 spiro atoms. The molecule has 2 aromatic carbocycles. The quantitative estimate of drug-likeness (QED) is 0.907. The first-order chi connectivity index (χ1) is 9.88. The molecule has 21 heavy (non-hydrogen) atoms. The molecular formula is C15H11ClFNO3. The minimum Gasteiger partial charge on any atom is -0.478 e. The van der Waals surface area contributed by atoms with Crippen molar-refractivity contribution in [2.75, 3.05) is 5.32 Å². The minimum atomic E-state index is -1.13. The summed E-state index contributed by atoms with van der Waals surface area (Å²) in [6.45, 7) is 1.71. The maximum atomic E-state index is 13.7. The van der Waals surface area contributed by atoms with Gasteiger partial charge in [-0.1, -0.05) is 17.7 Å². The number of hydrogen-bond acceptors (Lipinski definition) is 2. The highest BCUT2D eigenvalue weighted by Gasteiger charge is 2.14. The van der Waals surface area contributed by atoms with Gasteiger partial charge in [0.05, 0.1) is 21.8 Å². The number of hydrogen-bond donors (Lipinski definition) is 2. The van der Waals surface area contributed by atoms with Crippen LogP contribution in [0.5, 0.6) is 0 Å². The van der Waals surface area contributed by atoms with Crippen LogP contribution in [0.3, 0.4) is 0 Å². The van der Waals surface area contributed by atoms with Gasteiger partial charge in [-0.25, -0.2) is 9.18 Å². The molecule has 0 atom stereocenters. The Kier molecular flexibility index (Phi) is 4.23. The van der Waals surface area contributed by atoms with E-state index in [-0.39, 0.29) is 21.8 Å². The largest absolute Gasteiger partial charge is 0.478 e. The summed E-state index contributed by atoms with van der Waals surface area (Å²) < 4.78 is 13.7. The Balaban J connectivity index is 2.25. The summed E-state index contributed by atoms with van der Waals surface area (Å²) in [5.74, 6) is -2.41. The van der Waals surface area contributed by atoms with Gasteiger partial charge in [-0.3, -0.25) is 4.79 Å².